The summed E-state index contributed by atoms with van der Waals surface area (Å²) in [5.74, 6) is -0.0215. The van der Waals surface area contributed by atoms with Crippen LogP contribution in [0.3, 0.4) is 0 Å². The fraction of sp³-hybridized carbons (Fsp3) is 0.286. The summed E-state index contributed by atoms with van der Waals surface area (Å²) in [5.41, 5.74) is 2.14. The van der Waals surface area contributed by atoms with Crippen LogP contribution in [-0.2, 0) is 6.42 Å². The Labute approximate surface area is 110 Å². The van der Waals surface area contributed by atoms with E-state index in [1.807, 2.05) is 25.3 Å². The van der Waals surface area contributed by atoms with Crippen molar-refractivity contribution < 1.29 is 4.39 Å². The van der Waals surface area contributed by atoms with Crippen LogP contribution in [0.5, 0.6) is 0 Å². The number of benzene rings is 1. The van der Waals surface area contributed by atoms with Crippen molar-refractivity contribution in [2.45, 2.75) is 26.2 Å². The van der Waals surface area contributed by atoms with Gasteiger partial charge < -0.3 is 0 Å². The number of nitriles is 1. The highest BCUT2D eigenvalue weighted by molar-refractivity contribution is 7.10. The van der Waals surface area contributed by atoms with E-state index in [0.717, 1.165) is 10.6 Å². The molecule has 0 atom stereocenters. The second kappa shape index (κ2) is 5.28. The lowest BCUT2D eigenvalue weighted by atomic mass is 9.95. The number of halogens is 1. The fourth-order valence-electron chi connectivity index (χ4n) is 1.87. The molecule has 2 aromatic rings. The first-order chi connectivity index (χ1) is 8.63. The maximum atomic E-state index is 14.0. The summed E-state index contributed by atoms with van der Waals surface area (Å²) in [6.07, 6.45) is 0.274. The Bertz CT molecular complexity index is 596. The van der Waals surface area contributed by atoms with Gasteiger partial charge in [-0.3, -0.25) is 0 Å². The molecule has 0 bridgehead atoms. The Morgan fingerprint density at radius 1 is 1.44 bits per heavy atom. The molecule has 0 amide bonds. The summed E-state index contributed by atoms with van der Waals surface area (Å²) in [5, 5.41) is 11.2. The Morgan fingerprint density at radius 2 is 2.22 bits per heavy atom. The van der Waals surface area contributed by atoms with Crippen LogP contribution in [-0.4, -0.2) is 4.98 Å². The van der Waals surface area contributed by atoms with Crippen molar-refractivity contribution in [2.24, 2.45) is 0 Å². The quantitative estimate of drug-likeness (QED) is 0.831. The highest BCUT2D eigenvalue weighted by Gasteiger charge is 2.15. The van der Waals surface area contributed by atoms with E-state index in [1.54, 1.807) is 6.07 Å². The van der Waals surface area contributed by atoms with Crippen molar-refractivity contribution >= 4 is 11.3 Å². The van der Waals surface area contributed by atoms with E-state index in [0.29, 0.717) is 11.3 Å². The first-order valence-electron chi connectivity index (χ1n) is 5.73. The lowest BCUT2D eigenvalue weighted by molar-refractivity contribution is 0.626. The Kier molecular flexibility index (Phi) is 3.73. The normalized spacial score (nSPS) is 10.6. The molecule has 0 saturated heterocycles. The molecule has 0 aliphatic carbocycles. The molecule has 2 rings (SSSR count). The van der Waals surface area contributed by atoms with Crippen LogP contribution in [0, 0.1) is 17.1 Å². The summed E-state index contributed by atoms with van der Waals surface area (Å²) >= 11 is 1.40. The molecule has 1 heterocycles. The van der Waals surface area contributed by atoms with Crippen LogP contribution in [0.25, 0.3) is 11.3 Å². The molecule has 92 valence electrons. The van der Waals surface area contributed by atoms with Crippen molar-refractivity contribution in [3.8, 4) is 17.3 Å². The van der Waals surface area contributed by atoms with E-state index >= 15 is 0 Å². The highest BCUT2D eigenvalue weighted by atomic mass is 32.1. The second-order valence-corrected chi connectivity index (χ2v) is 5.26. The predicted octanol–water partition coefficient (Wildman–Crippen LogP) is 4.14. The van der Waals surface area contributed by atoms with Gasteiger partial charge >= 0.3 is 0 Å². The molecule has 0 aliphatic rings. The third kappa shape index (κ3) is 2.41. The largest absolute Gasteiger partial charge is 0.240 e. The van der Waals surface area contributed by atoms with Gasteiger partial charge in [-0.1, -0.05) is 26.0 Å². The number of nitrogens with zero attached hydrogens (tertiary/aromatic N) is 2. The van der Waals surface area contributed by atoms with Gasteiger partial charge in [-0.25, -0.2) is 9.37 Å². The fourth-order valence-corrected chi connectivity index (χ4v) is 2.58. The van der Waals surface area contributed by atoms with Crippen LogP contribution in [0.15, 0.2) is 23.6 Å². The lowest BCUT2D eigenvalue weighted by Crippen LogP contribution is -1.96. The molecule has 0 saturated carbocycles. The topological polar surface area (TPSA) is 36.7 Å². The average Bonchev–Trinajstić information content (AvgIpc) is 2.77. The molecule has 0 unspecified atom stereocenters. The summed E-state index contributed by atoms with van der Waals surface area (Å²) in [6.45, 7) is 4.06. The van der Waals surface area contributed by atoms with Crippen molar-refractivity contribution in [1.82, 2.24) is 4.98 Å². The van der Waals surface area contributed by atoms with Gasteiger partial charge in [-0.15, -0.1) is 11.3 Å². The molecule has 4 heteroatoms. The summed E-state index contributed by atoms with van der Waals surface area (Å²) in [7, 11) is 0. The highest BCUT2D eigenvalue weighted by Crippen LogP contribution is 2.32. The van der Waals surface area contributed by atoms with Gasteiger partial charge in [0.2, 0.25) is 0 Å². The number of rotatable bonds is 3. The van der Waals surface area contributed by atoms with Gasteiger partial charge in [0, 0.05) is 10.9 Å². The van der Waals surface area contributed by atoms with Gasteiger partial charge in [-0.2, -0.15) is 5.26 Å². The molecule has 0 N–H and O–H groups in total. The van der Waals surface area contributed by atoms with E-state index < -0.39 is 0 Å². The number of thiazole rings is 1. The molecule has 1 aromatic heterocycles. The van der Waals surface area contributed by atoms with Gasteiger partial charge in [0.05, 0.1) is 18.2 Å². The molecular formula is C14H13FN2S. The number of aromatic nitrogens is 1. The standard InChI is InChI=1S/C14H13FN2S/c1-9(2)10-4-3-5-11(15)14(10)12-8-18-13(17-12)6-7-16/h3-5,8-9H,6H2,1-2H3. The lowest BCUT2D eigenvalue weighted by Gasteiger charge is -2.11. The summed E-state index contributed by atoms with van der Waals surface area (Å²) < 4.78 is 14.0. The maximum absolute atomic E-state index is 14.0. The van der Waals surface area contributed by atoms with Crippen LogP contribution in [0.4, 0.5) is 4.39 Å². The SMILES string of the molecule is CC(C)c1cccc(F)c1-c1csc(CC#N)n1. The first-order valence-corrected chi connectivity index (χ1v) is 6.61. The molecule has 0 radical (unpaired) electrons. The second-order valence-electron chi connectivity index (χ2n) is 4.32. The van der Waals surface area contributed by atoms with E-state index in [2.05, 4.69) is 11.1 Å². The van der Waals surface area contributed by atoms with Crippen LogP contribution in [0.2, 0.25) is 0 Å². The Hall–Kier alpha value is -1.73. The van der Waals surface area contributed by atoms with Crippen molar-refractivity contribution in [3.05, 3.63) is 40.0 Å². The summed E-state index contributed by atoms with van der Waals surface area (Å²) in [4.78, 5) is 4.33. The van der Waals surface area contributed by atoms with Gasteiger partial charge in [-0.05, 0) is 17.5 Å². The average molecular weight is 260 g/mol. The third-order valence-corrected chi connectivity index (χ3v) is 3.55. The van der Waals surface area contributed by atoms with Crippen molar-refractivity contribution in [3.63, 3.8) is 0 Å². The molecular weight excluding hydrogens is 247 g/mol. The predicted molar refractivity (Wildman–Crippen MR) is 70.9 cm³/mol. The first kappa shape index (κ1) is 12.7. The Morgan fingerprint density at radius 3 is 2.89 bits per heavy atom. The molecule has 18 heavy (non-hydrogen) atoms. The monoisotopic (exact) mass is 260 g/mol. The van der Waals surface area contributed by atoms with Crippen molar-refractivity contribution in [2.75, 3.05) is 0 Å². The third-order valence-electron chi connectivity index (χ3n) is 2.71. The number of hydrogen-bond acceptors (Lipinski definition) is 3. The van der Waals surface area contributed by atoms with E-state index in [-0.39, 0.29) is 18.2 Å². The van der Waals surface area contributed by atoms with E-state index in [9.17, 15) is 4.39 Å². The molecule has 0 fully saturated rings. The maximum Gasteiger partial charge on any atom is 0.132 e. The minimum absolute atomic E-state index is 0.233. The zero-order valence-electron chi connectivity index (χ0n) is 10.3. The van der Waals surface area contributed by atoms with E-state index in [1.165, 1.54) is 17.4 Å². The van der Waals surface area contributed by atoms with Crippen LogP contribution in [0.1, 0.15) is 30.3 Å². The zero-order chi connectivity index (χ0) is 13.1. The molecule has 1 aromatic carbocycles. The van der Waals surface area contributed by atoms with Gasteiger partial charge in [0.25, 0.3) is 0 Å². The smallest absolute Gasteiger partial charge is 0.132 e. The van der Waals surface area contributed by atoms with Crippen LogP contribution < -0.4 is 0 Å². The van der Waals surface area contributed by atoms with Gasteiger partial charge in [0.1, 0.15) is 10.8 Å². The minimum atomic E-state index is -0.255. The molecule has 2 nitrogen and oxygen atoms in total. The minimum Gasteiger partial charge on any atom is -0.240 e. The van der Waals surface area contributed by atoms with Gasteiger partial charge in [0.15, 0.2) is 0 Å². The van der Waals surface area contributed by atoms with E-state index in [4.69, 9.17) is 5.26 Å². The van der Waals surface area contributed by atoms with Crippen molar-refractivity contribution in [1.29, 1.82) is 5.26 Å². The zero-order valence-corrected chi connectivity index (χ0v) is 11.1. The van der Waals surface area contributed by atoms with Crippen LogP contribution >= 0.6 is 11.3 Å². The molecule has 0 spiro atoms. The Balaban J connectivity index is 2.52. The molecule has 0 aliphatic heterocycles. The summed E-state index contributed by atoms with van der Waals surface area (Å²) in [6, 6.07) is 7.15. The number of hydrogen-bond donors (Lipinski definition) is 0.